The van der Waals surface area contributed by atoms with E-state index in [-0.39, 0.29) is 12.5 Å². The highest BCUT2D eigenvalue weighted by atomic mass is 32.2. The lowest BCUT2D eigenvalue weighted by Gasteiger charge is -2.33. The van der Waals surface area contributed by atoms with Gasteiger partial charge in [0, 0.05) is 13.1 Å². The van der Waals surface area contributed by atoms with Crippen LogP contribution in [-0.4, -0.2) is 51.7 Å². The average molecular weight is 445 g/mol. The lowest BCUT2D eigenvalue weighted by atomic mass is 9.90. The molecule has 0 aliphatic carbocycles. The summed E-state index contributed by atoms with van der Waals surface area (Å²) in [5.74, 6) is 1.08. The van der Waals surface area contributed by atoms with Gasteiger partial charge in [0.25, 0.3) is 0 Å². The van der Waals surface area contributed by atoms with Crippen LogP contribution < -0.4 is 9.04 Å². The summed E-state index contributed by atoms with van der Waals surface area (Å²) >= 11 is 0. The van der Waals surface area contributed by atoms with E-state index in [1.807, 2.05) is 13.0 Å². The number of piperidine rings is 1. The van der Waals surface area contributed by atoms with Crippen molar-refractivity contribution in [3.8, 4) is 5.75 Å². The number of likely N-dealkylation sites (tertiary alicyclic amines) is 1. The number of rotatable bonds is 9. The van der Waals surface area contributed by atoms with Crippen molar-refractivity contribution < 1.29 is 17.9 Å². The first-order chi connectivity index (χ1) is 14.9. The van der Waals surface area contributed by atoms with E-state index in [2.05, 4.69) is 24.3 Å². The zero-order chi connectivity index (χ0) is 22.3. The summed E-state index contributed by atoms with van der Waals surface area (Å²) in [6.07, 6.45) is 4.92. The largest absolute Gasteiger partial charge is 0.494 e. The van der Waals surface area contributed by atoms with Gasteiger partial charge in [-0.15, -0.1) is 0 Å². The number of carbonyl (C=O) groups excluding carboxylic acids is 1. The number of hydrogen-bond donors (Lipinski definition) is 0. The van der Waals surface area contributed by atoms with Gasteiger partial charge in [0.2, 0.25) is 15.9 Å². The Balaban J connectivity index is 1.59. The van der Waals surface area contributed by atoms with E-state index in [4.69, 9.17) is 4.74 Å². The Morgan fingerprint density at radius 1 is 1.06 bits per heavy atom. The quantitative estimate of drug-likeness (QED) is 0.591. The Bertz CT molecular complexity index is 937. The van der Waals surface area contributed by atoms with Gasteiger partial charge in [-0.1, -0.05) is 37.3 Å². The summed E-state index contributed by atoms with van der Waals surface area (Å²) in [7, 11) is -3.59. The highest BCUT2D eigenvalue weighted by molar-refractivity contribution is 7.92. The number of amides is 1. The predicted molar refractivity (Wildman–Crippen MR) is 124 cm³/mol. The van der Waals surface area contributed by atoms with Gasteiger partial charge in [-0.25, -0.2) is 8.42 Å². The van der Waals surface area contributed by atoms with Gasteiger partial charge in [0.1, 0.15) is 12.3 Å². The summed E-state index contributed by atoms with van der Waals surface area (Å²) < 4.78 is 31.5. The van der Waals surface area contributed by atoms with Crippen LogP contribution in [0.15, 0.2) is 54.6 Å². The number of carbonyl (C=O) groups is 1. The Labute approximate surface area is 185 Å². The van der Waals surface area contributed by atoms with Crippen molar-refractivity contribution >= 4 is 21.6 Å². The minimum Gasteiger partial charge on any atom is -0.494 e. The Hall–Kier alpha value is -2.54. The van der Waals surface area contributed by atoms with Gasteiger partial charge in [-0.2, -0.15) is 0 Å². The van der Waals surface area contributed by atoms with Crippen LogP contribution in [0.5, 0.6) is 5.75 Å². The fourth-order valence-corrected chi connectivity index (χ4v) is 4.73. The second-order valence-electron chi connectivity index (χ2n) is 8.13. The monoisotopic (exact) mass is 444 g/mol. The zero-order valence-electron chi connectivity index (χ0n) is 18.4. The molecule has 0 atom stereocenters. The summed E-state index contributed by atoms with van der Waals surface area (Å²) in [5.41, 5.74) is 1.79. The molecule has 7 heteroatoms. The molecule has 1 amide bonds. The molecule has 168 valence electrons. The number of anilines is 1. The van der Waals surface area contributed by atoms with E-state index >= 15 is 0 Å². The smallest absolute Gasteiger partial charge is 0.243 e. The van der Waals surface area contributed by atoms with Gasteiger partial charge in [0.05, 0.1) is 18.6 Å². The van der Waals surface area contributed by atoms with Crippen molar-refractivity contribution in [2.75, 3.05) is 36.8 Å². The third-order valence-electron chi connectivity index (χ3n) is 5.61. The number of ether oxygens (including phenoxy) is 1. The van der Waals surface area contributed by atoms with E-state index in [1.54, 1.807) is 29.2 Å². The van der Waals surface area contributed by atoms with E-state index in [1.165, 1.54) is 9.87 Å². The molecule has 1 saturated heterocycles. The molecule has 1 aliphatic heterocycles. The predicted octanol–water partition coefficient (Wildman–Crippen LogP) is 3.72. The van der Waals surface area contributed by atoms with Crippen LogP contribution in [0, 0.1) is 5.92 Å². The van der Waals surface area contributed by atoms with Crippen LogP contribution in [0.25, 0.3) is 0 Å². The minimum atomic E-state index is -3.59. The van der Waals surface area contributed by atoms with Crippen molar-refractivity contribution in [3.05, 3.63) is 60.2 Å². The average Bonchev–Trinajstić information content (AvgIpc) is 2.77. The lowest BCUT2D eigenvalue weighted by Crippen LogP contribution is -2.45. The van der Waals surface area contributed by atoms with Gasteiger partial charge in [-0.3, -0.25) is 9.10 Å². The molecule has 2 aromatic carbocycles. The summed E-state index contributed by atoms with van der Waals surface area (Å²) in [4.78, 5) is 14.7. The van der Waals surface area contributed by atoms with Crippen LogP contribution in [0.2, 0.25) is 0 Å². The third-order valence-corrected chi connectivity index (χ3v) is 6.75. The second-order valence-corrected chi connectivity index (χ2v) is 10.0. The first-order valence-corrected chi connectivity index (χ1v) is 12.7. The molecule has 0 spiro atoms. The molecule has 0 bridgehead atoms. The summed E-state index contributed by atoms with van der Waals surface area (Å²) in [6.45, 7) is 3.77. The van der Waals surface area contributed by atoms with Crippen LogP contribution in [-0.2, 0) is 21.2 Å². The SMILES string of the molecule is CCCOc1ccc(N(CC(=O)N2CCC(Cc3ccccc3)CC2)S(C)(=O)=O)cc1. The molecule has 6 nitrogen and oxygen atoms in total. The molecule has 0 N–H and O–H groups in total. The summed E-state index contributed by atoms with van der Waals surface area (Å²) in [6, 6.07) is 17.2. The van der Waals surface area contributed by atoms with Crippen LogP contribution >= 0.6 is 0 Å². The number of nitrogens with zero attached hydrogens (tertiary/aromatic N) is 2. The number of benzene rings is 2. The Morgan fingerprint density at radius 3 is 2.29 bits per heavy atom. The maximum atomic E-state index is 12.9. The summed E-state index contributed by atoms with van der Waals surface area (Å²) in [5, 5.41) is 0. The molecule has 31 heavy (non-hydrogen) atoms. The normalized spacial score (nSPS) is 15.0. The van der Waals surface area contributed by atoms with Crippen LogP contribution in [0.3, 0.4) is 0 Å². The fraction of sp³-hybridized carbons (Fsp3) is 0.458. The molecule has 0 radical (unpaired) electrons. The third kappa shape index (κ3) is 6.72. The standard InChI is InChI=1S/C24H32N2O4S/c1-3-17-30-23-11-9-22(10-12-23)26(31(2,28)29)19-24(27)25-15-13-21(14-16-25)18-20-7-5-4-6-8-20/h4-12,21H,3,13-19H2,1-2H3. The van der Waals surface area contributed by atoms with Gasteiger partial charge >= 0.3 is 0 Å². The second kappa shape index (κ2) is 10.7. The van der Waals surface area contributed by atoms with E-state index in [9.17, 15) is 13.2 Å². The molecule has 1 aliphatic rings. The van der Waals surface area contributed by atoms with E-state index < -0.39 is 10.0 Å². The molecular weight excluding hydrogens is 412 g/mol. The molecule has 0 aromatic heterocycles. The molecule has 3 rings (SSSR count). The topological polar surface area (TPSA) is 66.9 Å². The minimum absolute atomic E-state index is 0.158. The van der Waals surface area contributed by atoms with Crippen LogP contribution in [0.1, 0.15) is 31.7 Å². The highest BCUT2D eigenvalue weighted by Crippen LogP contribution is 2.24. The van der Waals surface area contributed by atoms with Crippen molar-refractivity contribution in [2.24, 2.45) is 5.92 Å². The molecule has 0 saturated carbocycles. The van der Waals surface area contributed by atoms with Gasteiger partial charge in [-0.05, 0) is 61.4 Å². The molecular formula is C24H32N2O4S. The van der Waals surface area contributed by atoms with Crippen molar-refractivity contribution in [3.63, 3.8) is 0 Å². The molecule has 1 fully saturated rings. The maximum Gasteiger partial charge on any atom is 0.243 e. The first kappa shape index (κ1) is 23.1. The van der Waals surface area contributed by atoms with Crippen LogP contribution in [0.4, 0.5) is 5.69 Å². The zero-order valence-corrected chi connectivity index (χ0v) is 19.2. The van der Waals surface area contributed by atoms with E-state index in [0.717, 1.165) is 31.9 Å². The van der Waals surface area contributed by atoms with E-state index in [0.29, 0.717) is 37.1 Å². The Kier molecular flexibility index (Phi) is 7.96. The van der Waals surface area contributed by atoms with Crippen molar-refractivity contribution in [1.82, 2.24) is 4.90 Å². The number of hydrogen-bond acceptors (Lipinski definition) is 4. The fourth-order valence-electron chi connectivity index (χ4n) is 3.89. The van der Waals surface area contributed by atoms with Crippen molar-refractivity contribution in [1.29, 1.82) is 0 Å². The molecule has 2 aromatic rings. The first-order valence-electron chi connectivity index (χ1n) is 10.9. The van der Waals surface area contributed by atoms with Gasteiger partial charge < -0.3 is 9.64 Å². The Morgan fingerprint density at radius 2 is 1.71 bits per heavy atom. The molecule has 0 unspecified atom stereocenters. The number of sulfonamides is 1. The van der Waals surface area contributed by atoms with Crippen molar-refractivity contribution in [2.45, 2.75) is 32.6 Å². The maximum absolute atomic E-state index is 12.9. The molecule has 1 heterocycles. The van der Waals surface area contributed by atoms with Gasteiger partial charge in [0.15, 0.2) is 0 Å². The lowest BCUT2D eigenvalue weighted by molar-refractivity contribution is -0.130. The highest BCUT2D eigenvalue weighted by Gasteiger charge is 2.27.